The fourth-order valence-corrected chi connectivity index (χ4v) is 3.81. The number of rotatable bonds is 5. The van der Waals surface area contributed by atoms with Gasteiger partial charge in [-0.05, 0) is 42.5 Å². The average Bonchev–Trinajstić information content (AvgIpc) is 3.12. The van der Waals surface area contributed by atoms with Crippen molar-refractivity contribution in [1.82, 2.24) is 4.98 Å². The molecule has 0 bridgehead atoms. The van der Waals surface area contributed by atoms with Crippen molar-refractivity contribution < 1.29 is 9.53 Å². The van der Waals surface area contributed by atoms with E-state index in [1.807, 2.05) is 60.7 Å². The standard InChI is InChI=1S/C21H15ClN2O2S/c22-14-10-11-17(23-20(25)13-26-15-6-2-1-3-7-15)16(12-14)21-24-18-8-4-5-9-19(18)27-21/h1-12H,13H2,(H,23,25). The van der Waals surface area contributed by atoms with Gasteiger partial charge in [0, 0.05) is 10.6 Å². The zero-order valence-corrected chi connectivity index (χ0v) is 15.8. The molecule has 0 aliphatic carbocycles. The average molecular weight is 395 g/mol. The number of ether oxygens (including phenoxy) is 1. The van der Waals surface area contributed by atoms with Crippen molar-refractivity contribution in [3.8, 4) is 16.3 Å². The molecular weight excluding hydrogens is 380 g/mol. The summed E-state index contributed by atoms with van der Waals surface area (Å²) in [4.78, 5) is 17.0. The van der Waals surface area contributed by atoms with Crippen LogP contribution in [0.25, 0.3) is 20.8 Å². The first kappa shape index (κ1) is 17.5. The Morgan fingerprint density at radius 1 is 1.04 bits per heavy atom. The topological polar surface area (TPSA) is 51.2 Å². The van der Waals surface area contributed by atoms with Crippen molar-refractivity contribution in [3.05, 3.63) is 77.8 Å². The van der Waals surface area contributed by atoms with E-state index < -0.39 is 0 Å². The van der Waals surface area contributed by atoms with Gasteiger partial charge in [-0.1, -0.05) is 41.9 Å². The van der Waals surface area contributed by atoms with E-state index >= 15 is 0 Å². The SMILES string of the molecule is O=C(COc1ccccc1)Nc1ccc(Cl)cc1-c1nc2ccccc2s1. The summed E-state index contributed by atoms with van der Waals surface area (Å²) in [6, 6.07) is 22.5. The number of carbonyl (C=O) groups is 1. The smallest absolute Gasteiger partial charge is 0.262 e. The molecule has 4 aromatic rings. The Balaban J connectivity index is 1.57. The summed E-state index contributed by atoms with van der Waals surface area (Å²) >= 11 is 7.74. The number of nitrogens with one attached hydrogen (secondary N) is 1. The van der Waals surface area contributed by atoms with Crippen LogP contribution in [0.3, 0.4) is 0 Å². The van der Waals surface area contributed by atoms with E-state index in [9.17, 15) is 4.79 Å². The predicted octanol–water partition coefficient (Wildman–Crippen LogP) is 5.63. The Morgan fingerprint density at radius 3 is 2.63 bits per heavy atom. The molecule has 3 aromatic carbocycles. The molecule has 27 heavy (non-hydrogen) atoms. The van der Waals surface area contributed by atoms with E-state index in [-0.39, 0.29) is 12.5 Å². The van der Waals surface area contributed by atoms with E-state index in [1.165, 1.54) is 0 Å². The molecular formula is C21H15ClN2O2S. The minimum atomic E-state index is -0.247. The van der Waals surface area contributed by atoms with Gasteiger partial charge in [-0.3, -0.25) is 4.79 Å². The maximum atomic E-state index is 12.3. The number of hydrogen-bond acceptors (Lipinski definition) is 4. The van der Waals surface area contributed by atoms with Gasteiger partial charge in [0.05, 0.1) is 15.9 Å². The van der Waals surface area contributed by atoms with E-state index in [0.29, 0.717) is 16.5 Å². The Morgan fingerprint density at radius 2 is 1.81 bits per heavy atom. The lowest BCUT2D eigenvalue weighted by molar-refractivity contribution is -0.118. The second-order valence-corrected chi connectivity index (χ2v) is 7.29. The maximum absolute atomic E-state index is 12.3. The van der Waals surface area contributed by atoms with Crippen LogP contribution in [0.1, 0.15) is 0 Å². The van der Waals surface area contributed by atoms with Crippen molar-refractivity contribution in [3.63, 3.8) is 0 Å². The van der Waals surface area contributed by atoms with E-state index in [1.54, 1.807) is 23.5 Å². The van der Waals surface area contributed by atoms with Crippen molar-refractivity contribution in [2.24, 2.45) is 0 Å². The van der Waals surface area contributed by atoms with Gasteiger partial charge in [0.15, 0.2) is 6.61 Å². The number of nitrogens with zero attached hydrogens (tertiary/aromatic N) is 1. The highest BCUT2D eigenvalue weighted by Gasteiger charge is 2.14. The third-order valence-corrected chi connectivity index (χ3v) is 5.20. The monoisotopic (exact) mass is 394 g/mol. The fraction of sp³-hybridized carbons (Fsp3) is 0.0476. The van der Waals surface area contributed by atoms with Crippen LogP contribution in [0, 0.1) is 0 Å². The van der Waals surface area contributed by atoms with Gasteiger partial charge >= 0.3 is 0 Å². The number of amides is 1. The number of halogens is 1. The normalized spacial score (nSPS) is 10.7. The zero-order valence-electron chi connectivity index (χ0n) is 14.2. The molecule has 0 unspecified atom stereocenters. The first-order chi connectivity index (χ1) is 13.2. The van der Waals surface area contributed by atoms with Gasteiger partial charge < -0.3 is 10.1 Å². The maximum Gasteiger partial charge on any atom is 0.262 e. The molecule has 1 N–H and O–H groups in total. The number of benzene rings is 3. The van der Waals surface area contributed by atoms with Crippen LogP contribution < -0.4 is 10.1 Å². The summed E-state index contributed by atoms with van der Waals surface area (Å²) in [6.45, 7) is -0.0775. The Labute approximate surface area is 165 Å². The molecule has 0 spiro atoms. The quantitative estimate of drug-likeness (QED) is 0.477. The Kier molecular flexibility index (Phi) is 5.05. The molecule has 0 aliphatic heterocycles. The van der Waals surface area contributed by atoms with E-state index in [4.69, 9.17) is 16.3 Å². The summed E-state index contributed by atoms with van der Waals surface area (Å²) in [5.41, 5.74) is 2.36. The number of anilines is 1. The first-order valence-corrected chi connectivity index (χ1v) is 9.52. The molecule has 0 saturated carbocycles. The molecule has 0 radical (unpaired) electrons. The second-order valence-electron chi connectivity index (χ2n) is 5.83. The first-order valence-electron chi connectivity index (χ1n) is 8.32. The third kappa shape index (κ3) is 4.10. The highest BCUT2D eigenvalue weighted by Crippen LogP contribution is 2.36. The highest BCUT2D eigenvalue weighted by molar-refractivity contribution is 7.21. The van der Waals surface area contributed by atoms with Crippen LogP contribution in [0.4, 0.5) is 5.69 Å². The Bertz CT molecular complexity index is 1060. The van der Waals surface area contributed by atoms with E-state index in [0.717, 1.165) is 20.8 Å². The van der Waals surface area contributed by atoms with Crippen LogP contribution in [0.5, 0.6) is 5.75 Å². The van der Waals surface area contributed by atoms with Crippen LogP contribution in [-0.4, -0.2) is 17.5 Å². The van der Waals surface area contributed by atoms with Gasteiger partial charge in [-0.25, -0.2) is 4.98 Å². The largest absolute Gasteiger partial charge is 0.484 e. The van der Waals surface area contributed by atoms with Crippen molar-refractivity contribution >= 4 is 44.7 Å². The minimum Gasteiger partial charge on any atom is -0.484 e. The summed E-state index contributed by atoms with van der Waals surface area (Å²) in [5.74, 6) is 0.402. The number of carbonyl (C=O) groups excluding carboxylic acids is 1. The molecule has 1 amide bonds. The van der Waals surface area contributed by atoms with Gasteiger partial charge in [0.25, 0.3) is 5.91 Å². The van der Waals surface area contributed by atoms with Crippen molar-refractivity contribution in [2.75, 3.05) is 11.9 Å². The fourth-order valence-electron chi connectivity index (χ4n) is 2.64. The molecule has 0 saturated heterocycles. The number of fused-ring (bicyclic) bond motifs is 1. The van der Waals surface area contributed by atoms with Crippen molar-refractivity contribution in [2.45, 2.75) is 0 Å². The van der Waals surface area contributed by atoms with Gasteiger partial charge in [0.1, 0.15) is 10.8 Å². The lowest BCUT2D eigenvalue weighted by Gasteiger charge is -2.11. The second kappa shape index (κ2) is 7.78. The van der Waals surface area contributed by atoms with Gasteiger partial charge in [0.2, 0.25) is 0 Å². The van der Waals surface area contributed by atoms with E-state index in [2.05, 4.69) is 10.3 Å². The summed E-state index contributed by atoms with van der Waals surface area (Å²) in [7, 11) is 0. The highest BCUT2D eigenvalue weighted by atomic mass is 35.5. The van der Waals surface area contributed by atoms with Crippen molar-refractivity contribution in [1.29, 1.82) is 0 Å². The molecule has 0 aliphatic rings. The number of thiazole rings is 1. The summed E-state index contributed by atoms with van der Waals surface area (Å²) in [5, 5.41) is 4.28. The molecule has 134 valence electrons. The van der Waals surface area contributed by atoms with Gasteiger partial charge in [-0.2, -0.15) is 0 Å². The zero-order chi connectivity index (χ0) is 18.6. The summed E-state index contributed by atoms with van der Waals surface area (Å²) in [6.07, 6.45) is 0. The van der Waals surface area contributed by atoms with Crippen LogP contribution in [-0.2, 0) is 4.79 Å². The van der Waals surface area contributed by atoms with Crippen LogP contribution in [0.2, 0.25) is 5.02 Å². The predicted molar refractivity (Wildman–Crippen MR) is 111 cm³/mol. The van der Waals surface area contributed by atoms with Crippen LogP contribution in [0.15, 0.2) is 72.8 Å². The number of hydrogen-bond donors (Lipinski definition) is 1. The van der Waals surface area contributed by atoms with Gasteiger partial charge in [-0.15, -0.1) is 11.3 Å². The summed E-state index contributed by atoms with van der Waals surface area (Å²) < 4.78 is 6.59. The lowest BCUT2D eigenvalue weighted by atomic mass is 10.2. The molecule has 4 nitrogen and oxygen atoms in total. The molecule has 1 aromatic heterocycles. The molecule has 4 rings (SSSR count). The minimum absolute atomic E-state index is 0.0775. The molecule has 0 fully saturated rings. The number of para-hydroxylation sites is 2. The lowest BCUT2D eigenvalue weighted by Crippen LogP contribution is -2.20. The molecule has 0 atom stereocenters. The third-order valence-electron chi connectivity index (χ3n) is 3.89. The molecule has 1 heterocycles. The molecule has 6 heteroatoms. The number of aromatic nitrogens is 1. The van der Waals surface area contributed by atoms with Crippen LogP contribution >= 0.6 is 22.9 Å². The Hall–Kier alpha value is -2.89.